The summed E-state index contributed by atoms with van der Waals surface area (Å²) in [5.41, 5.74) is 2.75. The van der Waals surface area contributed by atoms with Crippen molar-refractivity contribution in [3.8, 4) is 0 Å². The molecule has 33 heavy (non-hydrogen) atoms. The number of benzene rings is 3. The maximum absolute atomic E-state index is 13.7. The highest BCUT2D eigenvalue weighted by molar-refractivity contribution is 7.22. The molecule has 1 amide bonds. The Balaban J connectivity index is 1.72. The van der Waals surface area contributed by atoms with E-state index in [-0.39, 0.29) is 16.5 Å². The van der Waals surface area contributed by atoms with Crippen LogP contribution >= 0.6 is 11.3 Å². The summed E-state index contributed by atoms with van der Waals surface area (Å²) < 4.78 is 14.3. The molecule has 1 saturated heterocycles. The van der Waals surface area contributed by atoms with Crippen molar-refractivity contribution in [2.45, 2.75) is 19.4 Å². The van der Waals surface area contributed by atoms with E-state index in [1.165, 1.54) is 23.1 Å². The Morgan fingerprint density at radius 3 is 2.48 bits per heavy atom. The van der Waals surface area contributed by atoms with Crippen molar-refractivity contribution in [1.82, 2.24) is 4.98 Å². The third-order valence-electron chi connectivity index (χ3n) is 5.74. The van der Waals surface area contributed by atoms with Gasteiger partial charge in [-0.15, -0.1) is 0 Å². The van der Waals surface area contributed by atoms with Crippen LogP contribution in [-0.4, -0.2) is 21.8 Å². The molecule has 1 unspecified atom stereocenters. The molecule has 1 aliphatic rings. The molecule has 2 heterocycles. The quantitative estimate of drug-likeness (QED) is 0.245. The fourth-order valence-corrected chi connectivity index (χ4v) is 5.04. The molecule has 0 radical (unpaired) electrons. The molecule has 1 N–H and O–H groups in total. The van der Waals surface area contributed by atoms with E-state index in [0.717, 1.165) is 23.3 Å². The highest BCUT2D eigenvalue weighted by Gasteiger charge is 2.48. The van der Waals surface area contributed by atoms with Gasteiger partial charge in [-0.05, 0) is 35.7 Å². The van der Waals surface area contributed by atoms with Gasteiger partial charge in [-0.2, -0.15) is 0 Å². The summed E-state index contributed by atoms with van der Waals surface area (Å²) in [5.74, 6) is -2.22. The van der Waals surface area contributed by atoms with Crippen LogP contribution in [0, 0.1) is 5.82 Å². The van der Waals surface area contributed by atoms with E-state index in [1.54, 1.807) is 30.3 Å². The van der Waals surface area contributed by atoms with Gasteiger partial charge >= 0.3 is 5.91 Å². The number of rotatable bonds is 4. The molecule has 4 aromatic rings. The van der Waals surface area contributed by atoms with Gasteiger partial charge in [0.25, 0.3) is 5.78 Å². The Bertz CT molecular complexity index is 1410. The number of amides is 1. The molecule has 0 saturated carbocycles. The fraction of sp³-hybridized carbons (Fsp3) is 0.115. The van der Waals surface area contributed by atoms with Gasteiger partial charge in [0.2, 0.25) is 0 Å². The summed E-state index contributed by atoms with van der Waals surface area (Å²) in [6.07, 6.45) is 0.841. The summed E-state index contributed by atoms with van der Waals surface area (Å²) >= 11 is 1.13. The van der Waals surface area contributed by atoms with Crippen LogP contribution in [0.1, 0.15) is 29.7 Å². The third-order valence-corrected chi connectivity index (χ3v) is 6.76. The molecule has 5 rings (SSSR count). The number of ketones is 1. The molecule has 1 aliphatic heterocycles. The first kappa shape index (κ1) is 21.0. The Hall–Kier alpha value is -3.84. The van der Waals surface area contributed by atoms with Crippen LogP contribution in [0.5, 0.6) is 0 Å². The number of anilines is 1. The van der Waals surface area contributed by atoms with Crippen molar-refractivity contribution in [3.05, 3.63) is 101 Å². The van der Waals surface area contributed by atoms with Gasteiger partial charge in [-0.3, -0.25) is 14.5 Å². The van der Waals surface area contributed by atoms with E-state index < -0.39 is 23.5 Å². The number of carbonyl (C=O) groups excluding carboxylic acids is 2. The number of halogens is 1. The van der Waals surface area contributed by atoms with E-state index >= 15 is 0 Å². The van der Waals surface area contributed by atoms with Crippen LogP contribution in [-0.2, 0) is 16.0 Å². The van der Waals surface area contributed by atoms with Crippen molar-refractivity contribution >= 4 is 44.1 Å². The van der Waals surface area contributed by atoms with Gasteiger partial charge in [0.15, 0.2) is 5.13 Å². The molecule has 0 spiro atoms. The molecule has 0 aliphatic carbocycles. The van der Waals surface area contributed by atoms with Crippen molar-refractivity contribution in [2.24, 2.45) is 0 Å². The number of Topliss-reactive ketones (excluding diaryl/α,β-unsaturated/α-hetero) is 1. The van der Waals surface area contributed by atoms with Gasteiger partial charge in [-0.25, -0.2) is 9.37 Å². The smallest absolute Gasteiger partial charge is 0.301 e. The van der Waals surface area contributed by atoms with Gasteiger partial charge in [0, 0.05) is 5.56 Å². The predicted molar refractivity (Wildman–Crippen MR) is 127 cm³/mol. The first-order valence-electron chi connectivity index (χ1n) is 10.5. The van der Waals surface area contributed by atoms with E-state index in [0.29, 0.717) is 21.3 Å². The topological polar surface area (TPSA) is 70.5 Å². The first-order chi connectivity index (χ1) is 16.0. The molecule has 164 valence electrons. The Morgan fingerprint density at radius 1 is 1.06 bits per heavy atom. The standard InChI is InChI=1S/C26H19FN2O3S/c1-2-15-8-10-16(11-9-15)22-21(23(30)17-6-4-3-5-7-17)24(31)25(32)29(22)26-28-19-13-12-18(27)14-20(19)33-26/h3-14,22,30H,2H2,1H3/b23-21+. The largest absolute Gasteiger partial charge is 0.507 e. The molecule has 1 atom stereocenters. The van der Waals surface area contributed by atoms with Crippen molar-refractivity contribution < 1.29 is 19.1 Å². The Labute approximate surface area is 193 Å². The van der Waals surface area contributed by atoms with Crippen LogP contribution in [0.25, 0.3) is 16.0 Å². The van der Waals surface area contributed by atoms with Gasteiger partial charge in [-0.1, -0.05) is 72.9 Å². The molecule has 1 fully saturated rings. The van der Waals surface area contributed by atoms with Crippen LogP contribution in [0.2, 0.25) is 0 Å². The maximum Gasteiger partial charge on any atom is 0.301 e. The summed E-state index contributed by atoms with van der Waals surface area (Å²) in [5, 5.41) is 11.4. The second-order valence-corrected chi connectivity index (χ2v) is 8.75. The number of aromatic nitrogens is 1. The lowest BCUT2D eigenvalue weighted by molar-refractivity contribution is -0.132. The van der Waals surface area contributed by atoms with Gasteiger partial charge in [0.1, 0.15) is 11.6 Å². The molecule has 0 bridgehead atoms. The number of carbonyl (C=O) groups is 2. The van der Waals surface area contributed by atoms with Gasteiger partial charge < -0.3 is 5.11 Å². The Morgan fingerprint density at radius 2 is 1.79 bits per heavy atom. The number of aliphatic hydroxyl groups is 1. The van der Waals surface area contributed by atoms with E-state index in [2.05, 4.69) is 4.98 Å². The van der Waals surface area contributed by atoms with E-state index in [4.69, 9.17) is 0 Å². The average Bonchev–Trinajstić information content (AvgIpc) is 3.37. The number of aryl methyl sites for hydroxylation is 1. The van der Waals surface area contributed by atoms with Crippen LogP contribution < -0.4 is 4.90 Å². The zero-order valence-corrected chi connectivity index (χ0v) is 18.5. The van der Waals surface area contributed by atoms with Crippen LogP contribution in [0.15, 0.2) is 78.4 Å². The summed E-state index contributed by atoms with van der Waals surface area (Å²) in [6.45, 7) is 2.04. The minimum atomic E-state index is -0.860. The molecular formula is C26H19FN2O3S. The summed E-state index contributed by atoms with van der Waals surface area (Å²) in [4.78, 5) is 32.2. The minimum Gasteiger partial charge on any atom is -0.507 e. The van der Waals surface area contributed by atoms with Crippen molar-refractivity contribution in [3.63, 3.8) is 0 Å². The van der Waals surface area contributed by atoms with Crippen molar-refractivity contribution in [2.75, 3.05) is 4.90 Å². The van der Waals surface area contributed by atoms with Gasteiger partial charge in [0.05, 0.1) is 21.8 Å². The predicted octanol–water partition coefficient (Wildman–Crippen LogP) is 5.62. The second-order valence-electron chi connectivity index (χ2n) is 7.74. The van der Waals surface area contributed by atoms with Crippen LogP contribution in [0.3, 0.4) is 0 Å². The lowest BCUT2D eigenvalue weighted by Crippen LogP contribution is -2.29. The zero-order chi connectivity index (χ0) is 23.1. The van der Waals surface area contributed by atoms with E-state index in [9.17, 15) is 19.1 Å². The molecule has 3 aromatic carbocycles. The van der Waals surface area contributed by atoms with Crippen molar-refractivity contribution in [1.29, 1.82) is 0 Å². The molecule has 1 aromatic heterocycles. The van der Waals surface area contributed by atoms with E-state index in [1.807, 2.05) is 31.2 Å². The number of hydrogen-bond acceptors (Lipinski definition) is 5. The molecule has 7 heteroatoms. The number of nitrogens with zero attached hydrogens (tertiary/aromatic N) is 2. The lowest BCUT2D eigenvalue weighted by atomic mass is 9.94. The number of fused-ring (bicyclic) bond motifs is 1. The normalized spacial score (nSPS) is 17.8. The third kappa shape index (κ3) is 3.60. The lowest BCUT2D eigenvalue weighted by Gasteiger charge is -2.23. The fourth-order valence-electron chi connectivity index (χ4n) is 4.02. The second kappa shape index (κ2) is 8.26. The monoisotopic (exact) mass is 458 g/mol. The maximum atomic E-state index is 13.7. The van der Waals surface area contributed by atoms with Crippen LogP contribution in [0.4, 0.5) is 9.52 Å². The first-order valence-corrected chi connectivity index (χ1v) is 11.3. The number of aliphatic hydroxyl groups excluding tert-OH is 1. The Kier molecular flexibility index (Phi) is 5.26. The summed E-state index contributed by atoms with van der Waals surface area (Å²) in [6, 6.07) is 19.6. The average molecular weight is 459 g/mol. The highest BCUT2D eigenvalue weighted by atomic mass is 32.1. The zero-order valence-electron chi connectivity index (χ0n) is 17.7. The molecular weight excluding hydrogens is 439 g/mol. The summed E-state index contributed by atoms with van der Waals surface area (Å²) in [7, 11) is 0. The SMILES string of the molecule is CCc1ccc(C2/C(=C(\O)c3ccccc3)C(=O)C(=O)N2c2nc3ccc(F)cc3s2)cc1. The minimum absolute atomic E-state index is 0.000820. The molecule has 5 nitrogen and oxygen atoms in total. The number of thiazole rings is 1. The number of hydrogen-bond donors (Lipinski definition) is 1. The highest BCUT2D eigenvalue weighted by Crippen LogP contribution is 2.44.